The van der Waals surface area contributed by atoms with E-state index in [1.54, 1.807) is 0 Å². The molecule has 0 aromatic rings. The second kappa shape index (κ2) is 20.5. The van der Waals surface area contributed by atoms with Gasteiger partial charge in [-0.3, -0.25) is 4.79 Å². The molecule has 22 heteroatoms. The number of aliphatic hydroxyl groups excluding tert-OH is 13. The Hall–Kier alpha value is -1.33. The lowest BCUT2D eigenvalue weighted by atomic mass is 9.72. The van der Waals surface area contributed by atoms with Crippen molar-refractivity contribution < 1.29 is 109 Å². The molecule has 4 saturated heterocycles. The Labute approximate surface area is 351 Å². The molecular weight excluding hydrogens is 820 g/mol. The summed E-state index contributed by atoms with van der Waals surface area (Å²) in [5.74, 6) is -1.98. The Morgan fingerprint density at radius 3 is 1.92 bits per heavy atom. The molecule has 7 rings (SSSR count). The molecule has 4 aliphatic heterocycles. The second-order valence-corrected chi connectivity index (χ2v) is 18.0. The second-order valence-electron chi connectivity index (χ2n) is 18.0. The van der Waals surface area contributed by atoms with Crippen molar-refractivity contribution in [3.8, 4) is 0 Å². The van der Waals surface area contributed by atoms with Gasteiger partial charge in [0.05, 0.1) is 68.0 Å². The molecule has 0 bridgehead atoms. The summed E-state index contributed by atoms with van der Waals surface area (Å²) < 4.78 is 47.5. The van der Waals surface area contributed by atoms with Gasteiger partial charge in [-0.1, -0.05) is 0 Å². The van der Waals surface area contributed by atoms with Crippen LogP contribution in [-0.2, 0) is 42.7 Å². The minimum atomic E-state index is -1.90. The van der Waals surface area contributed by atoms with Crippen LogP contribution in [0.2, 0.25) is 0 Å². The maximum atomic E-state index is 12.7. The molecule has 22 nitrogen and oxygen atoms in total. The zero-order valence-corrected chi connectivity index (χ0v) is 33.6. The minimum absolute atomic E-state index is 0.0763. The van der Waals surface area contributed by atoms with E-state index in [0.717, 1.165) is 0 Å². The average molecular weight is 885 g/mol. The maximum absolute atomic E-state index is 12.7. The molecule has 4 heterocycles. The lowest BCUT2D eigenvalue weighted by Gasteiger charge is -2.51. The first kappa shape index (κ1) is 47.6. The number of carbonyl (C=O) groups is 1. The Morgan fingerprint density at radius 1 is 0.525 bits per heavy atom. The van der Waals surface area contributed by atoms with Crippen molar-refractivity contribution in [2.45, 2.75) is 199 Å². The van der Waals surface area contributed by atoms with Crippen LogP contribution < -0.4 is 0 Å². The van der Waals surface area contributed by atoms with Crippen LogP contribution in [0.3, 0.4) is 0 Å². The number of ether oxygens (including phenoxy) is 8. The quantitative estimate of drug-likeness (QED) is 0.0860. The topological polar surface area (TPSA) is 354 Å². The molecular formula is C39H64O22. The number of carbonyl (C=O) groups excluding carboxylic acids is 1. The van der Waals surface area contributed by atoms with Gasteiger partial charge in [0.15, 0.2) is 18.9 Å². The maximum Gasteiger partial charge on any atom is 0.309 e. The van der Waals surface area contributed by atoms with E-state index in [1.807, 2.05) is 0 Å². The summed E-state index contributed by atoms with van der Waals surface area (Å²) in [6, 6.07) is 0. The highest BCUT2D eigenvalue weighted by Gasteiger charge is 2.55. The normalized spacial score (nSPS) is 52.2. The molecule has 23 atom stereocenters. The molecule has 0 radical (unpaired) electrons. The Balaban J connectivity index is 1.08. The number of rotatable bonds is 11. The minimum Gasteiger partial charge on any atom is -0.463 e. The molecule has 0 spiro atoms. The summed E-state index contributed by atoms with van der Waals surface area (Å²) in [7, 11) is 0. The van der Waals surface area contributed by atoms with Gasteiger partial charge >= 0.3 is 5.97 Å². The Bertz CT molecular complexity index is 1410. The van der Waals surface area contributed by atoms with Crippen LogP contribution in [0, 0.1) is 17.8 Å². The number of fused-ring (bicyclic) bond motifs is 1. The van der Waals surface area contributed by atoms with Gasteiger partial charge in [0.25, 0.3) is 0 Å². The van der Waals surface area contributed by atoms with Gasteiger partial charge in [0, 0.05) is 5.92 Å². The van der Waals surface area contributed by atoms with Crippen molar-refractivity contribution in [1.82, 2.24) is 0 Å². The fourth-order valence-electron chi connectivity index (χ4n) is 9.90. The largest absolute Gasteiger partial charge is 0.463 e. The molecule has 13 N–H and O–H groups in total. The predicted octanol–water partition coefficient (Wildman–Crippen LogP) is -5.63. The summed E-state index contributed by atoms with van der Waals surface area (Å²) in [6.07, 6.45) is -27.5. The van der Waals surface area contributed by atoms with Gasteiger partial charge in [-0.15, -0.1) is 0 Å². The molecule has 23 unspecified atom stereocenters. The summed E-state index contributed by atoms with van der Waals surface area (Å²) in [6.45, 7) is -1.64. The van der Waals surface area contributed by atoms with E-state index < -0.39 is 178 Å². The Morgan fingerprint density at radius 2 is 1.20 bits per heavy atom. The fourth-order valence-corrected chi connectivity index (χ4v) is 9.90. The number of hydrogen-bond acceptors (Lipinski definition) is 22. The first-order valence-corrected chi connectivity index (χ1v) is 21.5. The fraction of sp³-hybridized carbons (Fsp3) is 0.974. The molecule has 0 aromatic heterocycles. The first-order valence-electron chi connectivity index (χ1n) is 21.5. The van der Waals surface area contributed by atoms with Gasteiger partial charge in [0.2, 0.25) is 0 Å². The monoisotopic (exact) mass is 884 g/mol. The van der Waals surface area contributed by atoms with E-state index in [0.29, 0.717) is 32.1 Å². The molecule has 352 valence electrons. The van der Waals surface area contributed by atoms with Crippen LogP contribution in [0.4, 0.5) is 0 Å². The highest BCUT2D eigenvalue weighted by Crippen LogP contribution is 2.44. The van der Waals surface area contributed by atoms with Crippen LogP contribution >= 0.6 is 0 Å². The summed E-state index contributed by atoms with van der Waals surface area (Å²) in [5, 5.41) is 138. The van der Waals surface area contributed by atoms with Crippen LogP contribution in [-0.4, -0.2) is 227 Å². The predicted molar refractivity (Wildman–Crippen MR) is 197 cm³/mol. The summed E-state index contributed by atoms with van der Waals surface area (Å²) in [4.78, 5) is 12.7. The molecule has 7 fully saturated rings. The van der Waals surface area contributed by atoms with Crippen LogP contribution in [0.5, 0.6) is 0 Å². The molecule has 0 amide bonds. The zero-order valence-electron chi connectivity index (χ0n) is 33.6. The SMILES string of the molecule is O=C(OCC1OC(OCC2OC(OC3CC4C(O)CC(O)CC4OC3C3CCC(O)C(O)C3)C(OC3OCC(O)C(O)C3O)C(O)C2O)C(O)C(O)C1O)C1CCC(O)CC1. The van der Waals surface area contributed by atoms with Gasteiger partial charge in [-0.2, -0.15) is 0 Å². The number of hydrogen-bond donors (Lipinski definition) is 13. The lowest BCUT2D eigenvalue weighted by Crippen LogP contribution is -2.65. The zero-order chi connectivity index (χ0) is 43.9. The average Bonchev–Trinajstić information content (AvgIpc) is 3.23. The first-order chi connectivity index (χ1) is 29.0. The van der Waals surface area contributed by atoms with Gasteiger partial charge in [-0.25, -0.2) is 0 Å². The highest BCUT2D eigenvalue weighted by molar-refractivity contribution is 5.72. The van der Waals surface area contributed by atoms with Gasteiger partial charge in [-0.05, 0) is 70.1 Å². The smallest absolute Gasteiger partial charge is 0.309 e. The van der Waals surface area contributed by atoms with Crippen LogP contribution in [0.25, 0.3) is 0 Å². The van der Waals surface area contributed by atoms with Gasteiger partial charge < -0.3 is 104 Å². The molecule has 3 saturated carbocycles. The molecule has 0 aromatic carbocycles. The van der Waals surface area contributed by atoms with Crippen molar-refractivity contribution in [3.63, 3.8) is 0 Å². The van der Waals surface area contributed by atoms with Crippen LogP contribution in [0.15, 0.2) is 0 Å². The summed E-state index contributed by atoms with van der Waals surface area (Å²) >= 11 is 0. The standard InChI is InChI=1S/C39H64O22/c40-16-4-1-14(2-5-16)36(53)54-12-25-28(47)30(49)33(52)37(59-25)56-13-26-29(48)31(50)35(61-38-32(51)27(46)22(45)11-55-38)39(60-26)58-24-10-18-20(43)8-17(41)9-23(18)57-34(24)15-3-6-19(42)21(44)7-15/h14-35,37-52H,1-13H2. The van der Waals surface area contributed by atoms with Crippen molar-refractivity contribution in [3.05, 3.63) is 0 Å². The Kier molecular flexibility index (Phi) is 16.0. The van der Waals surface area contributed by atoms with Crippen LogP contribution in [0.1, 0.15) is 64.2 Å². The van der Waals surface area contributed by atoms with E-state index in [2.05, 4.69) is 0 Å². The number of esters is 1. The van der Waals surface area contributed by atoms with Crippen molar-refractivity contribution >= 4 is 5.97 Å². The third-order valence-corrected chi connectivity index (χ3v) is 13.7. The van der Waals surface area contributed by atoms with E-state index >= 15 is 0 Å². The van der Waals surface area contributed by atoms with E-state index in [-0.39, 0.29) is 32.1 Å². The number of aliphatic hydroxyl groups is 13. The van der Waals surface area contributed by atoms with E-state index in [1.165, 1.54) is 0 Å². The lowest BCUT2D eigenvalue weighted by molar-refractivity contribution is -0.376. The molecule has 3 aliphatic carbocycles. The van der Waals surface area contributed by atoms with E-state index in [4.69, 9.17) is 37.9 Å². The van der Waals surface area contributed by atoms with Crippen molar-refractivity contribution in [1.29, 1.82) is 0 Å². The third kappa shape index (κ3) is 10.7. The van der Waals surface area contributed by atoms with Crippen molar-refractivity contribution in [2.24, 2.45) is 17.8 Å². The molecule has 7 aliphatic rings. The van der Waals surface area contributed by atoms with Gasteiger partial charge in [0.1, 0.15) is 73.8 Å². The summed E-state index contributed by atoms with van der Waals surface area (Å²) in [5.41, 5.74) is 0. The highest BCUT2D eigenvalue weighted by atomic mass is 16.8. The third-order valence-electron chi connectivity index (χ3n) is 13.7. The van der Waals surface area contributed by atoms with Crippen molar-refractivity contribution in [2.75, 3.05) is 19.8 Å². The van der Waals surface area contributed by atoms with E-state index in [9.17, 15) is 71.2 Å². The molecule has 61 heavy (non-hydrogen) atoms.